The van der Waals surface area contributed by atoms with Crippen LogP contribution in [0.5, 0.6) is 5.75 Å². The van der Waals surface area contributed by atoms with E-state index in [9.17, 15) is 0 Å². The molecule has 0 unspecified atom stereocenters. The molecular weight excluding hydrogens is 262 g/mol. The van der Waals surface area contributed by atoms with Crippen LogP contribution >= 0.6 is 11.8 Å². The van der Waals surface area contributed by atoms with Gasteiger partial charge >= 0.3 is 0 Å². The molecule has 0 aliphatic carbocycles. The number of pyridine rings is 1. The summed E-state index contributed by atoms with van der Waals surface area (Å²) in [6, 6.07) is 3.76. The molecule has 2 aromatic heterocycles. The van der Waals surface area contributed by atoms with E-state index in [4.69, 9.17) is 9.84 Å². The molecule has 2 aromatic rings. The predicted molar refractivity (Wildman–Crippen MR) is 73.3 cm³/mol. The summed E-state index contributed by atoms with van der Waals surface area (Å²) < 4.78 is 7.51. The molecule has 0 radical (unpaired) electrons. The summed E-state index contributed by atoms with van der Waals surface area (Å²) in [6.07, 6.45) is 4.35. The van der Waals surface area contributed by atoms with Crippen molar-refractivity contribution in [3.63, 3.8) is 0 Å². The summed E-state index contributed by atoms with van der Waals surface area (Å²) >= 11 is 1.43. The first-order valence-electron chi connectivity index (χ1n) is 6.13. The molecule has 0 saturated carbocycles. The second kappa shape index (κ2) is 6.58. The lowest BCUT2D eigenvalue weighted by atomic mass is 10.4. The van der Waals surface area contributed by atoms with E-state index >= 15 is 0 Å². The fourth-order valence-corrected chi connectivity index (χ4v) is 2.40. The molecule has 0 bridgehead atoms. The molecule has 6 heteroatoms. The quantitative estimate of drug-likeness (QED) is 0.878. The van der Waals surface area contributed by atoms with E-state index in [1.165, 1.54) is 11.8 Å². The van der Waals surface area contributed by atoms with Crippen LogP contribution < -0.4 is 4.74 Å². The van der Waals surface area contributed by atoms with Crippen molar-refractivity contribution in [2.45, 2.75) is 30.1 Å². The van der Waals surface area contributed by atoms with E-state index in [1.54, 1.807) is 12.4 Å². The van der Waals surface area contributed by atoms with Gasteiger partial charge < -0.3 is 14.4 Å². The van der Waals surface area contributed by atoms with Crippen LogP contribution in [0.2, 0.25) is 0 Å². The van der Waals surface area contributed by atoms with Crippen molar-refractivity contribution in [3.8, 4) is 5.75 Å². The number of imidazole rings is 1. The fourth-order valence-electron chi connectivity index (χ4n) is 1.53. The van der Waals surface area contributed by atoms with Gasteiger partial charge in [-0.2, -0.15) is 0 Å². The van der Waals surface area contributed by atoms with Gasteiger partial charge in [0.1, 0.15) is 5.03 Å². The van der Waals surface area contributed by atoms with E-state index in [1.807, 2.05) is 23.7 Å². The molecule has 0 amide bonds. The smallest absolute Gasteiger partial charge is 0.174 e. The first-order chi connectivity index (χ1) is 9.26. The minimum atomic E-state index is -0.0224. The summed E-state index contributed by atoms with van der Waals surface area (Å²) in [6.45, 7) is 2.71. The van der Waals surface area contributed by atoms with Crippen LogP contribution in [0, 0.1) is 0 Å². The zero-order chi connectivity index (χ0) is 13.7. The Hall–Kier alpha value is -1.53. The van der Waals surface area contributed by atoms with E-state index in [0.29, 0.717) is 6.61 Å². The largest absolute Gasteiger partial charge is 0.491 e. The zero-order valence-corrected chi connectivity index (χ0v) is 11.9. The molecule has 19 heavy (non-hydrogen) atoms. The minimum absolute atomic E-state index is 0.0224. The van der Waals surface area contributed by atoms with Crippen molar-refractivity contribution in [2.75, 3.05) is 6.61 Å². The van der Waals surface area contributed by atoms with Crippen molar-refractivity contribution in [2.24, 2.45) is 7.05 Å². The summed E-state index contributed by atoms with van der Waals surface area (Å²) in [5.74, 6) is 0.767. The van der Waals surface area contributed by atoms with E-state index in [2.05, 4.69) is 16.9 Å². The van der Waals surface area contributed by atoms with Crippen LogP contribution in [-0.2, 0) is 13.7 Å². The molecule has 0 saturated heterocycles. The van der Waals surface area contributed by atoms with E-state index in [0.717, 1.165) is 28.0 Å². The SMILES string of the molecule is CCCOc1cccnc1Sc1ncc(CO)n1C. The lowest BCUT2D eigenvalue weighted by molar-refractivity contribution is 0.271. The van der Waals surface area contributed by atoms with Crippen LogP contribution in [0.15, 0.2) is 34.7 Å². The van der Waals surface area contributed by atoms with Crippen LogP contribution in [0.4, 0.5) is 0 Å². The number of aromatic nitrogens is 3. The molecule has 0 atom stereocenters. The first kappa shape index (κ1) is 13.9. The number of aliphatic hydroxyl groups excluding tert-OH is 1. The van der Waals surface area contributed by atoms with Gasteiger partial charge in [0.15, 0.2) is 10.9 Å². The molecule has 0 spiro atoms. The lowest BCUT2D eigenvalue weighted by Crippen LogP contribution is -2.00. The summed E-state index contributed by atoms with van der Waals surface area (Å²) in [5, 5.41) is 10.7. The van der Waals surface area contributed by atoms with Crippen molar-refractivity contribution >= 4 is 11.8 Å². The topological polar surface area (TPSA) is 60.2 Å². The first-order valence-corrected chi connectivity index (χ1v) is 6.95. The predicted octanol–water partition coefficient (Wildman–Crippen LogP) is 2.25. The second-order valence-corrected chi connectivity index (χ2v) is 4.96. The molecule has 2 heterocycles. The van der Waals surface area contributed by atoms with Gasteiger partial charge in [0.05, 0.1) is 25.1 Å². The number of ether oxygens (including phenoxy) is 1. The summed E-state index contributed by atoms with van der Waals surface area (Å²) in [7, 11) is 1.87. The Kier molecular flexibility index (Phi) is 4.81. The highest BCUT2D eigenvalue weighted by molar-refractivity contribution is 7.99. The molecule has 0 aliphatic heterocycles. The highest BCUT2D eigenvalue weighted by Crippen LogP contribution is 2.32. The van der Waals surface area contributed by atoms with Crippen molar-refractivity contribution in [1.29, 1.82) is 0 Å². The second-order valence-electron chi connectivity index (χ2n) is 4.01. The lowest BCUT2D eigenvalue weighted by Gasteiger charge is -2.09. The van der Waals surface area contributed by atoms with E-state index in [-0.39, 0.29) is 6.61 Å². The van der Waals surface area contributed by atoms with Gasteiger partial charge in [0.2, 0.25) is 0 Å². The molecule has 2 rings (SSSR count). The van der Waals surface area contributed by atoms with E-state index < -0.39 is 0 Å². The van der Waals surface area contributed by atoms with Gasteiger partial charge in [0, 0.05) is 13.2 Å². The highest BCUT2D eigenvalue weighted by atomic mass is 32.2. The van der Waals surface area contributed by atoms with Crippen molar-refractivity contribution in [1.82, 2.24) is 14.5 Å². The Morgan fingerprint density at radius 3 is 2.95 bits per heavy atom. The summed E-state index contributed by atoms with van der Waals surface area (Å²) in [4.78, 5) is 8.60. The fraction of sp³-hybridized carbons (Fsp3) is 0.385. The number of hydrogen-bond acceptors (Lipinski definition) is 5. The van der Waals surface area contributed by atoms with Crippen molar-refractivity contribution in [3.05, 3.63) is 30.2 Å². The Balaban J connectivity index is 2.20. The summed E-state index contributed by atoms with van der Waals surface area (Å²) in [5.41, 5.74) is 0.773. The minimum Gasteiger partial charge on any atom is -0.491 e. The van der Waals surface area contributed by atoms with Gasteiger partial charge in [-0.25, -0.2) is 9.97 Å². The number of rotatable bonds is 6. The molecule has 5 nitrogen and oxygen atoms in total. The normalized spacial score (nSPS) is 10.7. The highest BCUT2D eigenvalue weighted by Gasteiger charge is 2.12. The van der Waals surface area contributed by atoms with Gasteiger partial charge in [-0.1, -0.05) is 6.92 Å². The Morgan fingerprint density at radius 1 is 1.42 bits per heavy atom. The van der Waals surface area contributed by atoms with Gasteiger partial charge in [-0.3, -0.25) is 0 Å². The van der Waals surface area contributed by atoms with Gasteiger partial charge in [0.25, 0.3) is 0 Å². The van der Waals surface area contributed by atoms with Crippen LogP contribution in [-0.4, -0.2) is 26.2 Å². The molecule has 102 valence electrons. The molecule has 1 N–H and O–H groups in total. The number of aliphatic hydroxyl groups is 1. The van der Waals surface area contributed by atoms with Gasteiger partial charge in [-0.05, 0) is 30.3 Å². The monoisotopic (exact) mass is 279 g/mol. The average molecular weight is 279 g/mol. The standard InChI is InChI=1S/C13H17N3O2S/c1-3-7-18-11-5-4-6-14-12(11)19-13-15-8-10(9-17)16(13)2/h4-6,8,17H,3,7,9H2,1-2H3. The third-order valence-electron chi connectivity index (χ3n) is 2.59. The van der Waals surface area contributed by atoms with Crippen molar-refractivity contribution < 1.29 is 9.84 Å². The number of hydrogen-bond donors (Lipinski definition) is 1. The average Bonchev–Trinajstić information content (AvgIpc) is 2.79. The maximum absolute atomic E-state index is 9.16. The molecule has 0 aliphatic rings. The zero-order valence-electron chi connectivity index (χ0n) is 11.0. The van der Waals surface area contributed by atoms with Crippen LogP contribution in [0.25, 0.3) is 0 Å². The van der Waals surface area contributed by atoms with Crippen LogP contribution in [0.1, 0.15) is 19.0 Å². The van der Waals surface area contributed by atoms with Crippen LogP contribution in [0.3, 0.4) is 0 Å². The maximum Gasteiger partial charge on any atom is 0.174 e. The maximum atomic E-state index is 9.16. The Bertz CT molecular complexity index is 542. The number of nitrogens with zero attached hydrogens (tertiary/aromatic N) is 3. The molecule has 0 aromatic carbocycles. The molecular formula is C13H17N3O2S. The third kappa shape index (κ3) is 3.27. The Morgan fingerprint density at radius 2 is 2.26 bits per heavy atom. The van der Waals surface area contributed by atoms with Gasteiger partial charge in [-0.15, -0.1) is 0 Å². The Labute approximate surface area is 116 Å². The molecule has 0 fully saturated rings. The third-order valence-corrected chi connectivity index (χ3v) is 3.65.